The molecule has 1 amide bonds. The van der Waals surface area contributed by atoms with Crippen molar-refractivity contribution in [1.29, 1.82) is 0 Å². The van der Waals surface area contributed by atoms with Crippen LogP contribution in [0.4, 0.5) is 4.39 Å². The largest absolute Gasteiger partial charge is 0.494 e. The van der Waals surface area contributed by atoms with Gasteiger partial charge >= 0.3 is 0 Å². The molecular weight excluding hydrogens is 449 g/mol. The van der Waals surface area contributed by atoms with Crippen LogP contribution in [0.3, 0.4) is 0 Å². The third-order valence-electron chi connectivity index (χ3n) is 5.03. The van der Waals surface area contributed by atoms with Crippen LogP contribution in [0.5, 0.6) is 5.75 Å². The van der Waals surface area contributed by atoms with Gasteiger partial charge in [0.1, 0.15) is 29.4 Å². The lowest BCUT2D eigenvalue weighted by atomic mass is 10.2. The minimum absolute atomic E-state index is 0.0967. The summed E-state index contributed by atoms with van der Waals surface area (Å²) in [5, 5.41) is 24.2. The van der Waals surface area contributed by atoms with E-state index in [1.165, 1.54) is 30.1 Å². The fraction of sp³-hybridized carbons (Fsp3) is 0.429. The molecule has 3 aromatic rings. The van der Waals surface area contributed by atoms with Crippen LogP contribution in [-0.4, -0.2) is 80.3 Å². The van der Waals surface area contributed by atoms with Crippen LogP contribution in [0.25, 0.3) is 11.5 Å². The summed E-state index contributed by atoms with van der Waals surface area (Å²) in [4.78, 5) is 22.5. The Morgan fingerprint density at radius 2 is 2.06 bits per heavy atom. The minimum atomic E-state index is -0.480. The SMILES string of the molecule is COc1cc(CNC(=O)c2cc(-c3nnn(C[C@@H]4CO[C@H](CO)CO4)n3)nc(C)n2)ccc1F. The number of carbonyl (C=O) groups is 1. The number of hydrogen-bond acceptors (Lipinski definition) is 10. The summed E-state index contributed by atoms with van der Waals surface area (Å²) in [5.74, 6) is -0.228. The number of halogens is 1. The van der Waals surface area contributed by atoms with E-state index in [0.717, 1.165) is 0 Å². The molecule has 0 spiro atoms. The molecule has 2 atom stereocenters. The van der Waals surface area contributed by atoms with Gasteiger partial charge in [-0.2, -0.15) is 4.80 Å². The standard InChI is InChI=1S/C21H24FN7O5/c1-12-24-17(20-26-28-29(27-20)8-14-10-34-15(9-30)11-33-14)6-18(25-12)21(31)23-7-13-3-4-16(22)19(5-13)32-2/h3-6,14-15,30H,7-11H2,1-2H3,(H,23,31)/t14-,15-/m1/s1. The Hall–Kier alpha value is -3.55. The molecule has 2 aromatic heterocycles. The molecule has 2 N–H and O–H groups in total. The number of nitrogens with zero attached hydrogens (tertiary/aromatic N) is 6. The number of tetrazole rings is 1. The van der Waals surface area contributed by atoms with E-state index in [0.29, 0.717) is 30.2 Å². The molecule has 0 bridgehead atoms. The monoisotopic (exact) mass is 473 g/mol. The van der Waals surface area contributed by atoms with Crippen LogP contribution in [0.1, 0.15) is 21.9 Å². The second-order valence-corrected chi connectivity index (χ2v) is 7.60. The number of aromatic nitrogens is 6. The number of ether oxygens (including phenoxy) is 3. The van der Waals surface area contributed by atoms with E-state index in [4.69, 9.17) is 19.3 Å². The number of rotatable bonds is 8. The molecule has 1 aromatic carbocycles. The van der Waals surface area contributed by atoms with Gasteiger partial charge in [-0.25, -0.2) is 14.4 Å². The van der Waals surface area contributed by atoms with Gasteiger partial charge in [-0.3, -0.25) is 4.79 Å². The van der Waals surface area contributed by atoms with Crippen LogP contribution in [0.2, 0.25) is 0 Å². The third kappa shape index (κ3) is 5.68. The summed E-state index contributed by atoms with van der Waals surface area (Å²) >= 11 is 0. The molecule has 4 rings (SSSR count). The molecule has 34 heavy (non-hydrogen) atoms. The molecule has 1 saturated heterocycles. The number of benzene rings is 1. The number of amides is 1. The second-order valence-electron chi connectivity index (χ2n) is 7.60. The first-order valence-electron chi connectivity index (χ1n) is 10.5. The number of aliphatic hydroxyl groups excluding tert-OH is 1. The Morgan fingerprint density at radius 3 is 2.79 bits per heavy atom. The number of aliphatic hydroxyl groups is 1. The van der Waals surface area contributed by atoms with E-state index >= 15 is 0 Å². The average molecular weight is 473 g/mol. The molecule has 0 saturated carbocycles. The first-order chi connectivity index (χ1) is 16.4. The highest BCUT2D eigenvalue weighted by Crippen LogP contribution is 2.18. The Balaban J connectivity index is 1.41. The third-order valence-corrected chi connectivity index (χ3v) is 5.03. The molecule has 0 radical (unpaired) electrons. The zero-order valence-electron chi connectivity index (χ0n) is 18.6. The van der Waals surface area contributed by atoms with Gasteiger partial charge < -0.3 is 24.6 Å². The minimum Gasteiger partial charge on any atom is -0.494 e. The summed E-state index contributed by atoms with van der Waals surface area (Å²) < 4.78 is 29.7. The van der Waals surface area contributed by atoms with Gasteiger partial charge in [0.05, 0.1) is 33.5 Å². The summed E-state index contributed by atoms with van der Waals surface area (Å²) in [5.41, 5.74) is 1.14. The number of nitrogens with one attached hydrogen (secondary N) is 1. The lowest BCUT2D eigenvalue weighted by Gasteiger charge is -2.27. The maximum absolute atomic E-state index is 13.6. The number of methoxy groups -OCH3 is 1. The van der Waals surface area contributed by atoms with Crippen LogP contribution in [0.15, 0.2) is 24.3 Å². The first-order valence-corrected chi connectivity index (χ1v) is 10.5. The van der Waals surface area contributed by atoms with Crippen molar-refractivity contribution in [1.82, 2.24) is 35.5 Å². The molecule has 1 fully saturated rings. The van der Waals surface area contributed by atoms with Crippen molar-refractivity contribution in [3.63, 3.8) is 0 Å². The van der Waals surface area contributed by atoms with E-state index in [2.05, 4.69) is 30.7 Å². The highest BCUT2D eigenvalue weighted by atomic mass is 19.1. The summed E-state index contributed by atoms with van der Waals surface area (Å²) in [6, 6.07) is 5.82. The molecule has 3 heterocycles. The highest BCUT2D eigenvalue weighted by molar-refractivity contribution is 5.93. The molecule has 0 unspecified atom stereocenters. The quantitative estimate of drug-likeness (QED) is 0.468. The molecule has 13 heteroatoms. The van der Waals surface area contributed by atoms with Crippen molar-refractivity contribution in [3.8, 4) is 17.3 Å². The van der Waals surface area contributed by atoms with Crippen molar-refractivity contribution in [3.05, 3.63) is 47.2 Å². The zero-order valence-corrected chi connectivity index (χ0v) is 18.6. The van der Waals surface area contributed by atoms with Gasteiger partial charge in [0.2, 0.25) is 5.82 Å². The van der Waals surface area contributed by atoms with E-state index < -0.39 is 11.7 Å². The summed E-state index contributed by atoms with van der Waals surface area (Å²) in [6.45, 7) is 2.61. The van der Waals surface area contributed by atoms with Crippen molar-refractivity contribution in [2.45, 2.75) is 32.2 Å². The van der Waals surface area contributed by atoms with E-state index in [-0.39, 0.29) is 49.2 Å². The summed E-state index contributed by atoms with van der Waals surface area (Å²) in [6.07, 6.45) is -0.599. The van der Waals surface area contributed by atoms with Gasteiger partial charge in [0.15, 0.2) is 11.6 Å². The van der Waals surface area contributed by atoms with Crippen LogP contribution in [0, 0.1) is 12.7 Å². The molecule has 1 aliphatic heterocycles. The Bertz CT molecular complexity index is 1150. The lowest BCUT2D eigenvalue weighted by molar-refractivity contribution is -0.150. The average Bonchev–Trinajstić information content (AvgIpc) is 3.32. The van der Waals surface area contributed by atoms with E-state index in [1.807, 2.05) is 0 Å². The molecule has 1 aliphatic rings. The number of carbonyl (C=O) groups excluding carboxylic acids is 1. The smallest absolute Gasteiger partial charge is 0.270 e. The molecule has 180 valence electrons. The topological polar surface area (TPSA) is 146 Å². The van der Waals surface area contributed by atoms with Crippen molar-refractivity contribution >= 4 is 5.91 Å². The first kappa shape index (κ1) is 23.6. The molecule has 12 nitrogen and oxygen atoms in total. The number of aryl methyl sites for hydroxylation is 1. The van der Waals surface area contributed by atoms with E-state index in [9.17, 15) is 9.18 Å². The maximum Gasteiger partial charge on any atom is 0.270 e. The van der Waals surface area contributed by atoms with Gasteiger partial charge in [-0.15, -0.1) is 10.2 Å². The van der Waals surface area contributed by atoms with Gasteiger partial charge in [-0.05, 0) is 35.9 Å². The summed E-state index contributed by atoms with van der Waals surface area (Å²) in [7, 11) is 1.37. The maximum atomic E-state index is 13.6. The predicted molar refractivity (Wildman–Crippen MR) is 114 cm³/mol. The van der Waals surface area contributed by atoms with Crippen LogP contribution >= 0.6 is 0 Å². The Kier molecular flexibility index (Phi) is 7.35. The van der Waals surface area contributed by atoms with Crippen molar-refractivity contribution in [2.75, 3.05) is 26.9 Å². The predicted octanol–water partition coefficient (Wildman–Crippen LogP) is 0.293. The van der Waals surface area contributed by atoms with Crippen LogP contribution in [-0.2, 0) is 22.6 Å². The zero-order chi connectivity index (χ0) is 24.1. The fourth-order valence-electron chi connectivity index (χ4n) is 3.28. The normalized spacial score (nSPS) is 18.0. The Morgan fingerprint density at radius 1 is 1.26 bits per heavy atom. The van der Waals surface area contributed by atoms with Gasteiger partial charge in [0.25, 0.3) is 5.91 Å². The van der Waals surface area contributed by atoms with E-state index in [1.54, 1.807) is 13.0 Å². The van der Waals surface area contributed by atoms with Gasteiger partial charge in [-0.1, -0.05) is 6.07 Å². The highest BCUT2D eigenvalue weighted by Gasteiger charge is 2.23. The van der Waals surface area contributed by atoms with Gasteiger partial charge in [0, 0.05) is 6.54 Å². The van der Waals surface area contributed by atoms with Crippen molar-refractivity contribution in [2.24, 2.45) is 0 Å². The second kappa shape index (κ2) is 10.6. The van der Waals surface area contributed by atoms with Crippen LogP contribution < -0.4 is 10.1 Å². The van der Waals surface area contributed by atoms with Crippen molar-refractivity contribution < 1.29 is 28.5 Å². The molecule has 0 aliphatic carbocycles. The molecular formula is C21H24FN7O5. The fourth-order valence-corrected chi connectivity index (χ4v) is 3.28. The Labute approximate surface area is 194 Å². The number of hydrogen-bond donors (Lipinski definition) is 2. The lowest BCUT2D eigenvalue weighted by Crippen LogP contribution is -2.40.